The number of benzene rings is 14. The number of nitrogens with zero attached hydrogens (tertiary/aromatic N) is 8. The van der Waals surface area contributed by atoms with Crippen molar-refractivity contribution in [1.82, 2.24) is 9.13 Å². The molecular weight excluding hydrogens is 1200 g/mol. The second-order valence-corrected chi connectivity index (χ2v) is 23.9. The monoisotopic (exact) mass is 1250 g/mol. The second-order valence-electron chi connectivity index (χ2n) is 23.9. The highest BCUT2D eigenvalue weighted by molar-refractivity contribution is 6.10. The first-order valence-corrected chi connectivity index (χ1v) is 32.1. The lowest BCUT2D eigenvalue weighted by Crippen LogP contribution is -2.15. The van der Waals surface area contributed by atoms with Crippen molar-refractivity contribution < 1.29 is 9.47 Å². The third kappa shape index (κ3) is 9.70. The summed E-state index contributed by atoms with van der Waals surface area (Å²) in [5.41, 5.74) is 20.8. The van der Waals surface area contributed by atoms with Crippen LogP contribution in [0.1, 0.15) is 11.1 Å². The lowest BCUT2D eigenvalue weighted by atomic mass is 9.91. The predicted molar refractivity (Wildman–Crippen MR) is 395 cm³/mol. The molecule has 2 aromatic heterocycles. The Morgan fingerprint density at radius 2 is 0.612 bits per heavy atom. The fourth-order valence-electron chi connectivity index (χ4n) is 14.1. The molecule has 2 aliphatic heterocycles. The minimum Gasteiger partial charge on any atom is -0.453 e. The molecule has 18 rings (SSSR count). The Balaban J connectivity index is 0.000000147. The lowest BCUT2D eigenvalue weighted by molar-refractivity contribution is 0.477. The van der Waals surface area contributed by atoms with E-state index in [2.05, 4.69) is 186 Å². The van der Waals surface area contributed by atoms with Crippen molar-refractivity contribution in [3.05, 3.63) is 349 Å². The number of hydrogen-bond donors (Lipinski definition) is 0. The molecular formula is C88H52N8O2. The summed E-state index contributed by atoms with van der Waals surface area (Å²) < 4.78 is 17.0. The van der Waals surface area contributed by atoms with Crippen molar-refractivity contribution in [1.29, 1.82) is 10.5 Å². The fraction of sp³-hybridized carbons (Fsp3) is 0. The van der Waals surface area contributed by atoms with Crippen LogP contribution in [0.4, 0.5) is 45.5 Å². The van der Waals surface area contributed by atoms with Gasteiger partial charge in [-0.25, -0.2) is 9.69 Å². The van der Waals surface area contributed by atoms with E-state index in [-0.39, 0.29) is 0 Å². The second kappa shape index (κ2) is 24.1. The van der Waals surface area contributed by atoms with Gasteiger partial charge in [-0.1, -0.05) is 182 Å². The first-order valence-electron chi connectivity index (χ1n) is 32.1. The number of fused-ring (bicyclic) bond motifs is 10. The van der Waals surface area contributed by atoms with E-state index in [1.54, 1.807) is 0 Å². The largest absolute Gasteiger partial charge is 0.453 e. The number of para-hydroxylation sites is 12. The molecule has 10 nitrogen and oxygen atoms in total. The lowest BCUT2D eigenvalue weighted by Gasteiger charge is -2.32. The van der Waals surface area contributed by atoms with Crippen molar-refractivity contribution >= 4 is 89.1 Å². The van der Waals surface area contributed by atoms with Crippen LogP contribution >= 0.6 is 0 Å². The molecule has 4 heterocycles. The van der Waals surface area contributed by atoms with Gasteiger partial charge in [-0.2, -0.15) is 10.5 Å². The van der Waals surface area contributed by atoms with Crippen molar-refractivity contribution in [3.63, 3.8) is 0 Å². The summed E-state index contributed by atoms with van der Waals surface area (Å²) >= 11 is 0. The topological polar surface area (TPSA) is 91.1 Å². The quantitative estimate of drug-likeness (QED) is 0.141. The first kappa shape index (κ1) is 57.7. The van der Waals surface area contributed by atoms with Crippen molar-refractivity contribution in [2.24, 2.45) is 0 Å². The standard InChI is InChI=1S/C44H26N4O2.C44H26N4/c1-46-44-34(30-20-24-32(25-21-30)48-38-12-4-8-16-42(38)50-43-17-9-5-13-39(43)48)27-26-33(35(44)28-45)29-18-22-31(23-19-29)47-36-10-2-6-14-40(36)49-41-15-7-3-11-37(41)47;1-46-40-27-39(30-20-24-33(25-21-30)48-43-16-8-4-12-36(43)37-13-5-9-17-44(37)48)38(26-31(40)28-45)29-18-22-32(23-19-29)47-41-14-6-2-10-34(41)35-11-3-7-15-42(35)47/h2-27H;2-27H. The Morgan fingerprint density at radius 3 is 0.969 bits per heavy atom. The van der Waals surface area contributed by atoms with Gasteiger partial charge in [0.05, 0.1) is 81.2 Å². The van der Waals surface area contributed by atoms with Gasteiger partial charge in [-0.05, 0) is 178 Å². The molecule has 98 heavy (non-hydrogen) atoms. The van der Waals surface area contributed by atoms with Crippen LogP contribution in [0.25, 0.3) is 109 Å². The maximum Gasteiger partial charge on any atom is 0.212 e. The van der Waals surface area contributed by atoms with Gasteiger partial charge in [0.25, 0.3) is 0 Å². The van der Waals surface area contributed by atoms with Crippen LogP contribution in [-0.4, -0.2) is 9.13 Å². The smallest absolute Gasteiger partial charge is 0.212 e. The minimum atomic E-state index is 0.333. The predicted octanol–water partition coefficient (Wildman–Crippen LogP) is 24.2. The van der Waals surface area contributed by atoms with E-state index in [9.17, 15) is 10.5 Å². The summed E-state index contributed by atoms with van der Waals surface area (Å²) in [6.45, 7) is 16.0. The van der Waals surface area contributed by atoms with Crippen LogP contribution in [0, 0.1) is 35.8 Å². The Kier molecular flexibility index (Phi) is 14.2. The van der Waals surface area contributed by atoms with Gasteiger partial charge >= 0.3 is 0 Å². The molecule has 0 spiro atoms. The number of anilines is 6. The average Bonchev–Trinajstić information content (AvgIpc) is 1.39. The highest BCUT2D eigenvalue weighted by atomic mass is 16.5. The van der Waals surface area contributed by atoms with Crippen molar-refractivity contribution in [2.45, 2.75) is 0 Å². The van der Waals surface area contributed by atoms with Gasteiger partial charge in [-0.3, -0.25) is 0 Å². The molecule has 0 aliphatic carbocycles. The molecule has 16 aromatic rings. The van der Waals surface area contributed by atoms with E-state index in [1.165, 1.54) is 21.5 Å². The van der Waals surface area contributed by atoms with E-state index < -0.39 is 0 Å². The molecule has 0 amide bonds. The number of ether oxygens (including phenoxy) is 2. The molecule has 0 bridgehead atoms. The van der Waals surface area contributed by atoms with Crippen LogP contribution in [0.5, 0.6) is 23.0 Å². The zero-order chi connectivity index (χ0) is 65.8. The summed E-state index contributed by atoms with van der Waals surface area (Å²) in [6, 6.07) is 111. The zero-order valence-corrected chi connectivity index (χ0v) is 52.4. The van der Waals surface area contributed by atoms with Gasteiger partial charge in [0.2, 0.25) is 11.4 Å². The molecule has 0 N–H and O–H groups in total. The van der Waals surface area contributed by atoms with Crippen LogP contribution in [0.3, 0.4) is 0 Å². The number of rotatable bonds is 8. The maximum absolute atomic E-state index is 10.4. The molecule has 0 saturated carbocycles. The Morgan fingerprint density at radius 1 is 0.296 bits per heavy atom. The fourth-order valence-corrected chi connectivity index (χ4v) is 14.1. The first-order chi connectivity index (χ1) is 48.4. The summed E-state index contributed by atoms with van der Waals surface area (Å²) in [6.07, 6.45) is 0. The van der Waals surface area contributed by atoms with Gasteiger partial charge in [0, 0.05) is 44.3 Å². The van der Waals surface area contributed by atoms with Crippen molar-refractivity contribution in [2.75, 3.05) is 9.80 Å². The molecule has 0 unspecified atom stereocenters. The molecule has 0 saturated heterocycles. The van der Waals surface area contributed by atoms with Gasteiger partial charge < -0.3 is 28.4 Å². The summed E-state index contributed by atoms with van der Waals surface area (Å²) in [7, 11) is 0. The summed E-state index contributed by atoms with van der Waals surface area (Å²) in [5, 5.41) is 25.3. The molecule has 0 fully saturated rings. The van der Waals surface area contributed by atoms with Gasteiger partial charge in [-0.15, -0.1) is 0 Å². The van der Waals surface area contributed by atoms with Crippen molar-refractivity contribution in [3.8, 4) is 91.0 Å². The normalized spacial score (nSPS) is 11.8. The van der Waals surface area contributed by atoms with Crippen LogP contribution < -0.4 is 19.3 Å². The van der Waals surface area contributed by atoms with E-state index in [0.717, 1.165) is 130 Å². The minimum absolute atomic E-state index is 0.333. The SMILES string of the molecule is [C-]#[N+]c1c(-c2ccc(N3c4ccccc4Oc4ccccc43)cc2)ccc(-c2ccc(N3c4ccccc4Oc4ccccc43)cc2)c1C#N.[C-]#[N+]c1cc(-c2ccc(-n3c4ccccc4c4ccccc43)cc2)c(-c2ccc(-n3c4ccccc4c4ccccc43)cc2)cc1C#N. The van der Waals surface area contributed by atoms with E-state index in [1.807, 2.05) is 170 Å². The van der Waals surface area contributed by atoms with Crippen LogP contribution in [0.2, 0.25) is 0 Å². The van der Waals surface area contributed by atoms with Crippen LogP contribution in [0.15, 0.2) is 315 Å². The number of nitriles is 2. The number of hydrogen-bond acceptors (Lipinski definition) is 6. The van der Waals surface area contributed by atoms with E-state index in [4.69, 9.17) is 22.6 Å². The molecule has 2 aliphatic rings. The maximum atomic E-state index is 10.4. The molecule has 10 heteroatoms. The Labute approximate surface area is 565 Å². The Hall–Kier alpha value is -14.2. The highest BCUT2D eigenvalue weighted by Gasteiger charge is 2.28. The summed E-state index contributed by atoms with van der Waals surface area (Å²) in [4.78, 5) is 12.0. The Bertz CT molecular complexity index is 5490. The third-order valence-corrected chi connectivity index (χ3v) is 18.5. The van der Waals surface area contributed by atoms with Crippen LogP contribution in [-0.2, 0) is 0 Å². The average molecular weight is 1250 g/mol. The van der Waals surface area contributed by atoms with Gasteiger partial charge in [0.1, 0.15) is 0 Å². The molecule has 0 atom stereocenters. The third-order valence-electron chi connectivity index (χ3n) is 18.5. The van der Waals surface area contributed by atoms with Gasteiger partial charge in [0.15, 0.2) is 23.0 Å². The molecule has 14 aromatic carbocycles. The van der Waals surface area contributed by atoms with E-state index in [0.29, 0.717) is 28.1 Å². The highest BCUT2D eigenvalue weighted by Crippen LogP contribution is 2.53. The molecule has 0 radical (unpaired) electrons. The number of aromatic nitrogens is 2. The molecule has 456 valence electrons. The van der Waals surface area contributed by atoms with E-state index >= 15 is 0 Å². The summed E-state index contributed by atoms with van der Waals surface area (Å²) in [5.74, 6) is 3.14. The zero-order valence-electron chi connectivity index (χ0n) is 52.4.